The van der Waals surface area contributed by atoms with Gasteiger partial charge in [0.2, 0.25) is 0 Å². The second-order valence-corrected chi connectivity index (χ2v) is 7.37. The van der Waals surface area contributed by atoms with Crippen molar-refractivity contribution in [2.45, 2.75) is 65.1 Å². The van der Waals surface area contributed by atoms with E-state index in [0.717, 1.165) is 43.9 Å². The van der Waals surface area contributed by atoms with E-state index < -0.39 is 0 Å². The summed E-state index contributed by atoms with van der Waals surface area (Å²) >= 11 is 0. The number of fused-ring (bicyclic) bond motifs is 3. The van der Waals surface area contributed by atoms with Gasteiger partial charge in [0.1, 0.15) is 17.4 Å². The predicted molar refractivity (Wildman–Crippen MR) is 86.5 cm³/mol. The Labute approximate surface area is 141 Å². The van der Waals surface area contributed by atoms with Gasteiger partial charge in [-0.1, -0.05) is 19.0 Å². The summed E-state index contributed by atoms with van der Waals surface area (Å²) in [5.74, 6) is 3.22. The number of hydrogen-bond donors (Lipinski definition) is 0. The van der Waals surface area contributed by atoms with Crippen molar-refractivity contribution in [1.29, 1.82) is 0 Å². The molecule has 0 saturated carbocycles. The second-order valence-electron chi connectivity index (χ2n) is 7.37. The van der Waals surface area contributed by atoms with Gasteiger partial charge in [0.25, 0.3) is 5.91 Å². The zero-order chi connectivity index (χ0) is 16.8. The van der Waals surface area contributed by atoms with Crippen LogP contribution in [0.3, 0.4) is 0 Å². The lowest BCUT2D eigenvalue weighted by molar-refractivity contribution is 0.0654. The highest BCUT2D eigenvalue weighted by Gasteiger charge is 2.42. The number of aromatic nitrogens is 4. The Morgan fingerprint density at radius 1 is 1.33 bits per heavy atom. The molecule has 1 amide bonds. The number of rotatable bonds is 3. The summed E-state index contributed by atoms with van der Waals surface area (Å²) in [4.78, 5) is 14.9. The number of aryl methyl sites for hydroxylation is 1. The molecule has 7 nitrogen and oxygen atoms in total. The van der Waals surface area contributed by atoms with Gasteiger partial charge in [-0.3, -0.25) is 4.79 Å². The molecule has 4 rings (SSSR count). The Morgan fingerprint density at radius 3 is 2.83 bits per heavy atom. The quantitative estimate of drug-likeness (QED) is 0.861. The molecular formula is C17H23N5O2. The van der Waals surface area contributed by atoms with Crippen LogP contribution in [0.1, 0.15) is 54.6 Å². The summed E-state index contributed by atoms with van der Waals surface area (Å²) in [6, 6.07) is 2.08. The fraction of sp³-hybridized carbons (Fsp3) is 0.647. The number of carbonyl (C=O) groups excluding carboxylic acids is 1. The highest BCUT2D eigenvalue weighted by Crippen LogP contribution is 2.33. The van der Waals surface area contributed by atoms with Crippen LogP contribution in [-0.4, -0.2) is 42.8 Å². The molecule has 0 spiro atoms. The maximum absolute atomic E-state index is 12.9. The molecule has 4 heterocycles. The molecule has 128 valence electrons. The van der Waals surface area contributed by atoms with Crippen molar-refractivity contribution in [2.24, 2.45) is 5.92 Å². The van der Waals surface area contributed by atoms with Crippen molar-refractivity contribution in [3.05, 3.63) is 29.2 Å². The molecule has 0 radical (unpaired) electrons. The smallest absolute Gasteiger partial charge is 0.276 e. The largest absolute Gasteiger partial charge is 0.361 e. The van der Waals surface area contributed by atoms with Crippen LogP contribution in [0.4, 0.5) is 0 Å². The van der Waals surface area contributed by atoms with Gasteiger partial charge in [0.15, 0.2) is 5.69 Å². The zero-order valence-electron chi connectivity index (χ0n) is 14.4. The molecular weight excluding hydrogens is 306 g/mol. The normalized spacial score (nSPS) is 22.8. The van der Waals surface area contributed by atoms with Crippen molar-refractivity contribution in [1.82, 2.24) is 24.8 Å². The van der Waals surface area contributed by atoms with Gasteiger partial charge < -0.3 is 14.0 Å². The summed E-state index contributed by atoms with van der Waals surface area (Å²) in [6.07, 6.45) is 3.72. The minimum absolute atomic E-state index is 0.0246. The van der Waals surface area contributed by atoms with Crippen LogP contribution in [0.15, 0.2) is 10.6 Å². The Morgan fingerprint density at radius 2 is 2.12 bits per heavy atom. The minimum atomic E-state index is -0.0246. The Hall–Kier alpha value is -2.18. The number of hydrogen-bond acceptors (Lipinski definition) is 5. The Bertz CT molecular complexity index is 763. The standard InChI is InChI=1S/C17H23N5O2/c1-10(2)6-15-18-19-16-8-12-4-5-13(9-21(15)16)22(12)17(23)14-7-11(3)24-20-14/h7,10,12-13H,4-6,8-9H2,1-3H3. The Kier molecular flexibility index (Phi) is 3.66. The fourth-order valence-corrected chi connectivity index (χ4v) is 3.94. The lowest BCUT2D eigenvalue weighted by atomic mass is 10.1. The van der Waals surface area contributed by atoms with Crippen LogP contribution in [0.5, 0.6) is 0 Å². The van der Waals surface area contributed by atoms with Crippen molar-refractivity contribution in [3.63, 3.8) is 0 Å². The van der Waals surface area contributed by atoms with Gasteiger partial charge in [0.05, 0.1) is 6.04 Å². The highest BCUT2D eigenvalue weighted by molar-refractivity contribution is 5.93. The highest BCUT2D eigenvalue weighted by atomic mass is 16.5. The number of carbonyl (C=O) groups is 1. The topological polar surface area (TPSA) is 77.1 Å². The molecule has 2 aromatic rings. The van der Waals surface area contributed by atoms with Gasteiger partial charge in [-0.2, -0.15) is 0 Å². The first kappa shape index (κ1) is 15.4. The molecule has 1 saturated heterocycles. The summed E-state index contributed by atoms with van der Waals surface area (Å²) < 4.78 is 7.32. The summed E-state index contributed by atoms with van der Waals surface area (Å²) in [5.41, 5.74) is 0.407. The number of nitrogens with zero attached hydrogens (tertiary/aromatic N) is 5. The van der Waals surface area contributed by atoms with Crippen LogP contribution in [-0.2, 0) is 19.4 Å². The van der Waals surface area contributed by atoms with E-state index in [1.54, 1.807) is 13.0 Å². The third-order valence-corrected chi connectivity index (χ3v) is 5.01. The molecule has 2 aliphatic rings. The van der Waals surface area contributed by atoms with Crippen LogP contribution < -0.4 is 0 Å². The first-order valence-corrected chi connectivity index (χ1v) is 8.70. The third kappa shape index (κ3) is 2.52. The van der Waals surface area contributed by atoms with E-state index in [0.29, 0.717) is 17.4 Å². The van der Waals surface area contributed by atoms with Crippen molar-refractivity contribution in [3.8, 4) is 0 Å². The third-order valence-electron chi connectivity index (χ3n) is 5.01. The van der Waals surface area contributed by atoms with Gasteiger partial charge in [-0.05, 0) is 25.7 Å². The van der Waals surface area contributed by atoms with Crippen molar-refractivity contribution >= 4 is 5.91 Å². The molecule has 2 bridgehead atoms. The predicted octanol–water partition coefficient (Wildman–Crippen LogP) is 2.00. The van der Waals surface area contributed by atoms with Crippen LogP contribution in [0, 0.1) is 12.8 Å². The lowest BCUT2D eigenvalue weighted by Gasteiger charge is -2.27. The van der Waals surface area contributed by atoms with E-state index in [-0.39, 0.29) is 18.0 Å². The average Bonchev–Trinajstić information content (AvgIpc) is 3.17. The maximum atomic E-state index is 12.9. The summed E-state index contributed by atoms with van der Waals surface area (Å²) in [6.45, 7) is 6.96. The van der Waals surface area contributed by atoms with Crippen molar-refractivity contribution in [2.75, 3.05) is 0 Å². The first-order valence-electron chi connectivity index (χ1n) is 8.70. The zero-order valence-corrected chi connectivity index (χ0v) is 14.4. The van der Waals surface area contributed by atoms with E-state index in [9.17, 15) is 4.79 Å². The summed E-state index contributed by atoms with van der Waals surface area (Å²) in [7, 11) is 0. The maximum Gasteiger partial charge on any atom is 0.276 e. The molecule has 2 aliphatic heterocycles. The van der Waals surface area contributed by atoms with Crippen molar-refractivity contribution < 1.29 is 9.32 Å². The lowest BCUT2D eigenvalue weighted by Crippen LogP contribution is -2.42. The molecule has 0 aliphatic carbocycles. The molecule has 0 aromatic carbocycles. The molecule has 2 unspecified atom stereocenters. The molecule has 7 heteroatoms. The summed E-state index contributed by atoms with van der Waals surface area (Å²) in [5, 5.41) is 12.7. The van der Waals surface area contributed by atoms with Crippen LogP contribution in [0.25, 0.3) is 0 Å². The molecule has 2 atom stereocenters. The van der Waals surface area contributed by atoms with Gasteiger partial charge in [-0.15, -0.1) is 10.2 Å². The van der Waals surface area contributed by atoms with Crippen LogP contribution in [0.2, 0.25) is 0 Å². The molecule has 1 fully saturated rings. The molecule has 2 aromatic heterocycles. The molecule has 24 heavy (non-hydrogen) atoms. The Balaban J connectivity index is 1.62. The SMILES string of the molecule is Cc1cc(C(=O)N2C3CCC2Cn2c(CC(C)C)nnc2C3)no1. The van der Waals surface area contributed by atoms with Gasteiger partial charge >= 0.3 is 0 Å². The van der Waals surface area contributed by atoms with E-state index in [1.807, 2.05) is 4.90 Å². The van der Waals surface area contributed by atoms with Gasteiger partial charge in [-0.25, -0.2) is 0 Å². The second kappa shape index (κ2) is 5.72. The van der Waals surface area contributed by atoms with E-state index >= 15 is 0 Å². The average molecular weight is 329 g/mol. The monoisotopic (exact) mass is 329 g/mol. The van der Waals surface area contributed by atoms with E-state index in [4.69, 9.17) is 4.52 Å². The van der Waals surface area contributed by atoms with E-state index in [2.05, 4.69) is 33.8 Å². The molecule has 0 N–H and O–H groups in total. The number of amides is 1. The fourth-order valence-electron chi connectivity index (χ4n) is 3.94. The minimum Gasteiger partial charge on any atom is -0.361 e. The first-order chi connectivity index (χ1) is 11.5. The van der Waals surface area contributed by atoms with Crippen LogP contribution >= 0.6 is 0 Å². The van der Waals surface area contributed by atoms with E-state index in [1.165, 1.54) is 0 Å². The van der Waals surface area contributed by atoms with Gasteiger partial charge in [0, 0.05) is 31.5 Å².